The third-order valence-corrected chi connectivity index (χ3v) is 4.56. The molecule has 140 valence electrons. The molecule has 1 fully saturated rings. The van der Waals surface area contributed by atoms with Gasteiger partial charge < -0.3 is 14.4 Å². The molecule has 25 heavy (non-hydrogen) atoms. The van der Waals surface area contributed by atoms with Gasteiger partial charge in [-0.05, 0) is 64.5 Å². The minimum absolute atomic E-state index is 0.180. The third kappa shape index (κ3) is 4.83. The van der Waals surface area contributed by atoms with E-state index in [0.717, 1.165) is 6.42 Å². The Morgan fingerprint density at radius 2 is 1.96 bits per heavy atom. The summed E-state index contributed by atoms with van der Waals surface area (Å²) in [6.07, 6.45) is 5.81. The molecule has 6 heteroatoms. The van der Waals surface area contributed by atoms with E-state index in [4.69, 9.17) is 9.47 Å². The van der Waals surface area contributed by atoms with Crippen LogP contribution < -0.4 is 0 Å². The van der Waals surface area contributed by atoms with Crippen molar-refractivity contribution in [3.05, 3.63) is 23.6 Å². The van der Waals surface area contributed by atoms with Crippen molar-refractivity contribution in [1.29, 1.82) is 0 Å². The molecule has 0 spiro atoms. The quantitative estimate of drug-likeness (QED) is 0.716. The van der Waals surface area contributed by atoms with Crippen molar-refractivity contribution in [2.75, 3.05) is 20.2 Å². The molecule has 1 atom stereocenters. The summed E-state index contributed by atoms with van der Waals surface area (Å²) in [5.41, 5.74) is -1.01. The fourth-order valence-electron chi connectivity index (χ4n) is 3.43. The number of ether oxygens (including phenoxy) is 2. The molecule has 2 aliphatic rings. The number of methoxy groups -OCH3 is 1. The van der Waals surface area contributed by atoms with Crippen molar-refractivity contribution in [2.45, 2.75) is 58.5 Å². The molecule has 0 radical (unpaired) electrons. The van der Waals surface area contributed by atoms with Crippen molar-refractivity contribution in [1.82, 2.24) is 4.90 Å². The second-order valence-corrected chi connectivity index (χ2v) is 7.81. The van der Waals surface area contributed by atoms with Gasteiger partial charge >= 0.3 is 12.1 Å². The highest BCUT2D eigenvalue weighted by atomic mass is 19.1. The van der Waals surface area contributed by atoms with Crippen molar-refractivity contribution in [3.8, 4) is 0 Å². The van der Waals surface area contributed by atoms with E-state index in [1.54, 1.807) is 26.8 Å². The highest BCUT2D eigenvalue weighted by Gasteiger charge is 2.46. The summed E-state index contributed by atoms with van der Waals surface area (Å²) in [6.45, 7) is 6.10. The third-order valence-electron chi connectivity index (χ3n) is 4.56. The normalized spacial score (nSPS) is 24.3. The number of piperidine rings is 1. The molecular weight excluding hydrogens is 325 g/mol. The van der Waals surface area contributed by atoms with Gasteiger partial charge in [-0.2, -0.15) is 0 Å². The van der Waals surface area contributed by atoms with Gasteiger partial charge in [0, 0.05) is 13.1 Å². The van der Waals surface area contributed by atoms with Gasteiger partial charge in [-0.3, -0.25) is 4.79 Å². The van der Waals surface area contributed by atoms with Crippen LogP contribution in [0.1, 0.15) is 52.9 Å². The van der Waals surface area contributed by atoms with Gasteiger partial charge in [0.2, 0.25) is 0 Å². The van der Waals surface area contributed by atoms with Gasteiger partial charge in [0.05, 0.1) is 12.5 Å². The van der Waals surface area contributed by atoms with Gasteiger partial charge in [-0.1, -0.05) is 6.08 Å². The van der Waals surface area contributed by atoms with Gasteiger partial charge in [0.25, 0.3) is 0 Å². The molecule has 1 aliphatic heterocycles. The van der Waals surface area contributed by atoms with E-state index in [1.807, 2.05) is 6.08 Å². The second kappa shape index (κ2) is 7.58. The Bertz CT molecular complexity index is 591. The molecule has 0 aromatic carbocycles. The Labute approximate surface area is 148 Å². The summed E-state index contributed by atoms with van der Waals surface area (Å²) in [5, 5.41) is 0. The number of nitrogens with zero attached hydrogens (tertiary/aromatic N) is 1. The zero-order chi connectivity index (χ0) is 18.7. The average molecular weight is 353 g/mol. The highest BCUT2D eigenvalue weighted by molar-refractivity contribution is 5.79. The Balaban J connectivity index is 2.21. The maximum absolute atomic E-state index is 14.2. The number of hydrogen-bond acceptors (Lipinski definition) is 4. The lowest BCUT2D eigenvalue weighted by atomic mass is 9.74. The first-order valence-corrected chi connectivity index (χ1v) is 8.78. The summed E-state index contributed by atoms with van der Waals surface area (Å²) in [7, 11) is 1.33. The predicted octanol–water partition coefficient (Wildman–Crippen LogP) is 4.14. The number of allylic oxidation sites excluding steroid dienone is 4. The number of likely N-dealkylation sites (tertiary alicyclic amines) is 1. The number of hydrogen-bond donors (Lipinski definition) is 0. The molecule has 1 unspecified atom stereocenters. The number of rotatable bonds is 3. The molecule has 1 heterocycles. The molecule has 0 aromatic rings. The van der Waals surface area contributed by atoms with E-state index in [9.17, 15) is 14.0 Å². The van der Waals surface area contributed by atoms with E-state index in [0.29, 0.717) is 31.4 Å². The monoisotopic (exact) mass is 353 g/mol. The first-order chi connectivity index (χ1) is 11.7. The van der Waals surface area contributed by atoms with E-state index in [1.165, 1.54) is 12.0 Å². The summed E-state index contributed by atoms with van der Waals surface area (Å²) in [5.74, 6) is -0.677. The van der Waals surface area contributed by atoms with Crippen LogP contribution in [0.4, 0.5) is 9.18 Å². The fraction of sp³-hybridized carbons (Fsp3) is 0.684. The number of esters is 1. The van der Waals surface area contributed by atoms with Gasteiger partial charge in [-0.15, -0.1) is 0 Å². The van der Waals surface area contributed by atoms with E-state index < -0.39 is 23.1 Å². The Morgan fingerprint density at radius 3 is 2.56 bits per heavy atom. The first kappa shape index (κ1) is 19.5. The van der Waals surface area contributed by atoms with Crippen molar-refractivity contribution in [3.63, 3.8) is 0 Å². The first-order valence-electron chi connectivity index (χ1n) is 8.78. The summed E-state index contributed by atoms with van der Waals surface area (Å²) < 4.78 is 24.6. The lowest BCUT2D eigenvalue weighted by Gasteiger charge is -2.41. The second-order valence-electron chi connectivity index (χ2n) is 7.81. The zero-order valence-electron chi connectivity index (χ0n) is 15.6. The van der Waals surface area contributed by atoms with Crippen LogP contribution in [-0.2, 0) is 14.3 Å². The lowest BCUT2D eigenvalue weighted by molar-refractivity contribution is -0.156. The number of carbonyl (C=O) groups is 2. The maximum Gasteiger partial charge on any atom is 0.410 e. The molecule has 0 N–H and O–H groups in total. The Kier molecular flexibility index (Phi) is 5.91. The zero-order valence-corrected chi connectivity index (χ0v) is 15.6. The molecule has 0 saturated carbocycles. The number of carbonyl (C=O) groups excluding carboxylic acids is 2. The van der Waals surface area contributed by atoms with E-state index in [2.05, 4.69) is 0 Å². The largest absolute Gasteiger partial charge is 0.469 e. The predicted molar refractivity (Wildman–Crippen MR) is 92.6 cm³/mol. The van der Waals surface area contributed by atoms with Gasteiger partial charge in [-0.25, -0.2) is 9.18 Å². The number of halogens is 1. The fourth-order valence-corrected chi connectivity index (χ4v) is 3.43. The van der Waals surface area contributed by atoms with Crippen LogP contribution in [0.15, 0.2) is 23.6 Å². The molecule has 1 amide bonds. The van der Waals surface area contributed by atoms with Crippen LogP contribution in [0.25, 0.3) is 0 Å². The highest BCUT2D eigenvalue weighted by Crippen LogP contribution is 2.40. The molecule has 2 rings (SSSR count). The molecule has 5 nitrogen and oxygen atoms in total. The van der Waals surface area contributed by atoms with Gasteiger partial charge in [0.1, 0.15) is 11.4 Å². The topological polar surface area (TPSA) is 55.8 Å². The number of amides is 1. The molecule has 1 aliphatic carbocycles. The molecule has 0 bridgehead atoms. The molecular formula is C19H28FNO4. The maximum atomic E-state index is 14.2. The van der Waals surface area contributed by atoms with Crippen molar-refractivity contribution in [2.24, 2.45) is 5.41 Å². The lowest BCUT2D eigenvalue weighted by Crippen LogP contribution is -2.51. The van der Waals surface area contributed by atoms with Gasteiger partial charge in [0.15, 0.2) is 0 Å². The smallest absolute Gasteiger partial charge is 0.410 e. The molecule has 1 saturated heterocycles. The summed E-state index contributed by atoms with van der Waals surface area (Å²) in [6, 6.07) is 0. The van der Waals surface area contributed by atoms with Crippen LogP contribution in [-0.4, -0.2) is 42.8 Å². The Hall–Kier alpha value is -1.85. The van der Waals surface area contributed by atoms with Crippen LogP contribution in [0.3, 0.4) is 0 Å². The van der Waals surface area contributed by atoms with Crippen molar-refractivity contribution < 1.29 is 23.5 Å². The average Bonchev–Trinajstić information content (AvgIpc) is 2.55. The van der Waals surface area contributed by atoms with Crippen LogP contribution in [0, 0.1) is 5.41 Å². The van der Waals surface area contributed by atoms with Crippen molar-refractivity contribution >= 4 is 12.1 Å². The minimum atomic E-state index is -0.932. The SMILES string of the molecule is COC(=O)C1(CC2=CCCC=C2F)CCCN(C(=O)OC(C)(C)C)C1. The minimum Gasteiger partial charge on any atom is -0.469 e. The summed E-state index contributed by atoms with van der Waals surface area (Å²) in [4.78, 5) is 26.5. The molecule has 0 aromatic heterocycles. The summed E-state index contributed by atoms with van der Waals surface area (Å²) >= 11 is 0. The van der Waals surface area contributed by atoms with Crippen LogP contribution in [0.5, 0.6) is 0 Å². The Morgan fingerprint density at radius 1 is 1.28 bits per heavy atom. The van der Waals surface area contributed by atoms with E-state index >= 15 is 0 Å². The van der Waals surface area contributed by atoms with E-state index in [-0.39, 0.29) is 18.8 Å². The standard InChI is InChI=1S/C19H28FNO4/c1-18(2,3)25-17(23)21-11-7-10-19(13-21,16(22)24-4)12-14-8-5-6-9-15(14)20/h8-9H,5-7,10-13H2,1-4H3. The van der Waals surface area contributed by atoms with Crippen LogP contribution >= 0.6 is 0 Å². The van der Waals surface area contributed by atoms with Crippen LogP contribution in [0.2, 0.25) is 0 Å².